The fourth-order valence-electron chi connectivity index (χ4n) is 3.77. The van der Waals surface area contributed by atoms with E-state index in [1.54, 1.807) is 16.7 Å². The second-order valence-electron chi connectivity index (χ2n) is 6.50. The number of nitrogens with one attached hydrogen (secondary N) is 1. The molecular formula is C17H20N2O3S. The van der Waals surface area contributed by atoms with Gasteiger partial charge in [-0.15, -0.1) is 11.8 Å². The Labute approximate surface area is 139 Å². The topological polar surface area (TPSA) is 58.6 Å². The van der Waals surface area contributed by atoms with Crippen molar-refractivity contribution < 1.29 is 14.3 Å². The van der Waals surface area contributed by atoms with E-state index >= 15 is 0 Å². The molecule has 0 saturated carbocycles. The molecule has 122 valence electrons. The summed E-state index contributed by atoms with van der Waals surface area (Å²) in [5.41, 5.74) is 1.02. The maximum Gasteiger partial charge on any atom is 0.244 e. The molecular weight excluding hydrogens is 312 g/mol. The van der Waals surface area contributed by atoms with Crippen LogP contribution in [-0.4, -0.2) is 40.0 Å². The van der Waals surface area contributed by atoms with E-state index in [1.165, 1.54) is 0 Å². The summed E-state index contributed by atoms with van der Waals surface area (Å²) in [5.74, 6) is 1.58. The molecule has 3 heterocycles. The van der Waals surface area contributed by atoms with Crippen LogP contribution in [0, 0.1) is 0 Å². The van der Waals surface area contributed by atoms with Gasteiger partial charge in [0.1, 0.15) is 11.8 Å². The molecule has 2 saturated heterocycles. The first-order valence-electron chi connectivity index (χ1n) is 8.07. The van der Waals surface area contributed by atoms with Gasteiger partial charge in [-0.2, -0.15) is 0 Å². The lowest BCUT2D eigenvalue weighted by atomic mass is 10.00. The third-order valence-corrected chi connectivity index (χ3v) is 6.53. The van der Waals surface area contributed by atoms with E-state index < -0.39 is 0 Å². The first-order chi connectivity index (χ1) is 11.1. The van der Waals surface area contributed by atoms with Crippen molar-refractivity contribution in [2.45, 2.75) is 43.1 Å². The molecule has 1 aromatic carbocycles. The lowest BCUT2D eigenvalue weighted by Crippen LogP contribution is -2.51. The number of hydrogen-bond acceptors (Lipinski definition) is 4. The van der Waals surface area contributed by atoms with Gasteiger partial charge in [0.05, 0.1) is 17.5 Å². The Morgan fingerprint density at radius 3 is 3.13 bits per heavy atom. The summed E-state index contributed by atoms with van der Waals surface area (Å²) in [6.07, 6.45) is 2.14. The van der Waals surface area contributed by atoms with Crippen molar-refractivity contribution in [2.24, 2.45) is 0 Å². The van der Waals surface area contributed by atoms with Crippen LogP contribution in [0.3, 0.4) is 0 Å². The second kappa shape index (κ2) is 5.44. The third kappa shape index (κ3) is 2.40. The molecule has 0 radical (unpaired) electrons. The molecule has 6 heteroatoms. The highest BCUT2D eigenvalue weighted by Gasteiger charge is 2.53. The third-order valence-electron chi connectivity index (χ3n) is 5.02. The van der Waals surface area contributed by atoms with E-state index in [2.05, 4.69) is 12.2 Å². The highest BCUT2D eigenvalue weighted by atomic mass is 32.2. The molecule has 5 nitrogen and oxygen atoms in total. The smallest absolute Gasteiger partial charge is 0.244 e. The van der Waals surface area contributed by atoms with E-state index in [0.717, 1.165) is 24.2 Å². The van der Waals surface area contributed by atoms with Crippen molar-refractivity contribution >= 4 is 23.6 Å². The normalized spacial score (nSPS) is 32.2. The van der Waals surface area contributed by atoms with Gasteiger partial charge in [-0.1, -0.05) is 18.2 Å². The number of rotatable bonds is 2. The van der Waals surface area contributed by atoms with E-state index in [9.17, 15) is 9.59 Å². The molecule has 2 amide bonds. The largest absolute Gasteiger partial charge is 0.493 e. The predicted molar refractivity (Wildman–Crippen MR) is 88.2 cm³/mol. The minimum absolute atomic E-state index is 0.0398. The summed E-state index contributed by atoms with van der Waals surface area (Å²) < 4.78 is 5.64. The number of amides is 2. The number of carbonyl (C=O) groups is 2. The van der Waals surface area contributed by atoms with Crippen LogP contribution in [-0.2, 0) is 9.59 Å². The lowest BCUT2D eigenvalue weighted by molar-refractivity contribution is -0.138. The number of para-hydroxylation sites is 1. The van der Waals surface area contributed by atoms with Gasteiger partial charge in [-0.05, 0) is 19.4 Å². The number of thioether (sulfide) groups is 1. The van der Waals surface area contributed by atoms with Crippen molar-refractivity contribution in [1.29, 1.82) is 0 Å². The van der Waals surface area contributed by atoms with Crippen molar-refractivity contribution in [2.75, 3.05) is 12.4 Å². The Morgan fingerprint density at radius 1 is 1.43 bits per heavy atom. The van der Waals surface area contributed by atoms with Gasteiger partial charge in [-0.25, -0.2) is 0 Å². The van der Waals surface area contributed by atoms with Gasteiger partial charge >= 0.3 is 0 Å². The summed E-state index contributed by atoms with van der Waals surface area (Å²) >= 11 is 1.72. The Balaban J connectivity index is 1.52. The number of ether oxygens (including phenoxy) is 1. The van der Waals surface area contributed by atoms with Crippen LogP contribution in [0.1, 0.15) is 37.8 Å². The minimum Gasteiger partial charge on any atom is -0.493 e. The average molecular weight is 332 g/mol. The molecule has 1 aromatic rings. The fourth-order valence-corrected chi connectivity index (χ4v) is 5.21. The van der Waals surface area contributed by atoms with E-state index in [0.29, 0.717) is 18.8 Å². The van der Waals surface area contributed by atoms with Crippen LogP contribution in [0.25, 0.3) is 0 Å². The fraction of sp³-hybridized carbons (Fsp3) is 0.529. The predicted octanol–water partition coefficient (Wildman–Crippen LogP) is 2.08. The molecule has 1 N–H and O–H groups in total. The van der Waals surface area contributed by atoms with E-state index in [-0.39, 0.29) is 28.8 Å². The van der Waals surface area contributed by atoms with Crippen LogP contribution >= 0.6 is 11.8 Å². The van der Waals surface area contributed by atoms with Crippen molar-refractivity contribution in [3.8, 4) is 5.75 Å². The highest BCUT2D eigenvalue weighted by Crippen LogP contribution is 2.47. The Kier molecular flexibility index (Phi) is 3.52. The zero-order chi connectivity index (χ0) is 16.0. The SMILES string of the molecule is C[C@]12CCC(=O)N1[C@@H](C(=O)N[C@@H]1CCOc3ccccc31)CS2. The molecule has 3 aliphatic rings. The summed E-state index contributed by atoms with van der Waals surface area (Å²) in [6.45, 7) is 2.67. The van der Waals surface area contributed by atoms with Gasteiger partial charge < -0.3 is 15.0 Å². The van der Waals surface area contributed by atoms with Crippen LogP contribution < -0.4 is 10.1 Å². The number of hydrogen-bond donors (Lipinski definition) is 1. The minimum atomic E-state index is -0.352. The van der Waals surface area contributed by atoms with Crippen LogP contribution in [0.5, 0.6) is 5.75 Å². The summed E-state index contributed by atoms with van der Waals surface area (Å²) in [7, 11) is 0. The first-order valence-corrected chi connectivity index (χ1v) is 9.05. The van der Waals surface area contributed by atoms with Gasteiger partial charge in [0, 0.05) is 24.2 Å². The standard InChI is InChI=1S/C17H20N2O3S/c1-17-8-6-15(20)19(17)13(10-23-17)16(21)18-12-7-9-22-14-5-3-2-4-11(12)14/h2-5,12-13H,6-10H2,1H3,(H,18,21)/t12-,13-,17+/m1/s1. The van der Waals surface area contributed by atoms with Crippen LogP contribution in [0.4, 0.5) is 0 Å². The molecule has 4 rings (SSSR count). The molecule has 0 unspecified atom stereocenters. The van der Waals surface area contributed by atoms with Gasteiger partial charge in [0.25, 0.3) is 0 Å². The zero-order valence-corrected chi connectivity index (χ0v) is 13.9. The molecule has 0 spiro atoms. The Hall–Kier alpha value is -1.69. The Bertz CT molecular complexity index is 665. The van der Waals surface area contributed by atoms with Crippen LogP contribution in [0.2, 0.25) is 0 Å². The number of fused-ring (bicyclic) bond motifs is 2. The number of benzene rings is 1. The van der Waals surface area contributed by atoms with E-state index in [4.69, 9.17) is 4.74 Å². The molecule has 2 fully saturated rings. The quantitative estimate of drug-likeness (QED) is 0.901. The van der Waals surface area contributed by atoms with Crippen molar-refractivity contribution in [1.82, 2.24) is 10.2 Å². The summed E-state index contributed by atoms with van der Waals surface area (Å²) in [4.78, 5) is 26.6. The summed E-state index contributed by atoms with van der Waals surface area (Å²) in [6, 6.07) is 7.43. The van der Waals surface area contributed by atoms with Gasteiger partial charge in [0.2, 0.25) is 11.8 Å². The van der Waals surface area contributed by atoms with Gasteiger partial charge in [0.15, 0.2) is 0 Å². The first kappa shape index (κ1) is 14.9. The van der Waals surface area contributed by atoms with Gasteiger partial charge in [-0.3, -0.25) is 9.59 Å². The molecule has 0 aromatic heterocycles. The molecule has 3 aliphatic heterocycles. The maximum absolute atomic E-state index is 12.8. The van der Waals surface area contributed by atoms with Crippen molar-refractivity contribution in [3.05, 3.63) is 29.8 Å². The number of nitrogens with zero attached hydrogens (tertiary/aromatic N) is 1. The molecule has 0 aliphatic carbocycles. The molecule has 0 bridgehead atoms. The Morgan fingerprint density at radius 2 is 2.26 bits per heavy atom. The molecule has 23 heavy (non-hydrogen) atoms. The number of carbonyl (C=O) groups excluding carboxylic acids is 2. The lowest BCUT2D eigenvalue weighted by Gasteiger charge is -2.32. The maximum atomic E-state index is 12.8. The van der Waals surface area contributed by atoms with Crippen molar-refractivity contribution in [3.63, 3.8) is 0 Å². The van der Waals surface area contributed by atoms with Crippen LogP contribution in [0.15, 0.2) is 24.3 Å². The highest BCUT2D eigenvalue weighted by molar-refractivity contribution is 8.01. The molecule has 3 atom stereocenters. The average Bonchev–Trinajstić information content (AvgIpc) is 3.04. The monoisotopic (exact) mass is 332 g/mol. The van der Waals surface area contributed by atoms with E-state index in [1.807, 2.05) is 24.3 Å². The second-order valence-corrected chi connectivity index (χ2v) is 8.00. The zero-order valence-electron chi connectivity index (χ0n) is 13.1. The summed E-state index contributed by atoms with van der Waals surface area (Å²) in [5, 5.41) is 3.14.